The third kappa shape index (κ3) is 5.86. The number of hydrogen-bond acceptors (Lipinski definition) is 3. The van der Waals surface area contributed by atoms with Gasteiger partial charge in [-0.2, -0.15) is 0 Å². The van der Waals surface area contributed by atoms with Gasteiger partial charge in [0.05, 0.1) is 0 Å². The fourth-order valence-corrected chi connectivity index (χ4v) is 2.27. The van der Waals surface area contributed by atoms with Crippen LogP contribution < -0.4 is 0 Å². The first-order valence-corrected chi connectivity index (χ1v) is 7.58. The van der Waals surface area contributed by atoms with E-state index in [1.165, 1.54) is 21.5 Å². The monoisotopic (exact) mass is 318 g/mol. The average molecular weight is 318 g/mol. The van der Waals surface area contributed by atoms with Gasteiger partial charge in [0.15, 0.2) is 0 Å². The summed E-state index contributed by atoms with van der Waals surface area (Å²) in [6.07, 6.45) is 0. The second-order valence-electron chi connectivity index (χ2n) is 5.04. The molecule has 24 heavy (non-hydrogen) atoms. The van der Waals surface area contributed by atoms with E-state index in [-0.39, 0.29) is 0 Å². The van der Waals surface area contributed by atoms with Crippen LogP contribution in [0.15, 0.2) is 97.1 Å². The molecule has 4 rings (SSSR count). The third-order valence-electron chi connectivity index (χ3n) is 3.32. The molecule has 0 aliphatic carbocycles. The molecule has 4 aromatic rings. The normalized spacial score (nSPS) is 9.46. The molecule has 0 saturated carbocycles. The predicted molar refractivity (Wildman–Crippen MR) is 100 cm³/mol. The first-order chi connectivity index (χ1) is 11.7. The minimum Gasteiger partial charge on any atom is -0.402 e. The lowest BCUT2D eigenvalue weighted by Gasteiger charge is -1.92. The highest BCUT2D eigenvalue weighted by atomic mass is 16.5. The van der Waals surface area contributed by atoms with Gasteiger partial charge in [-0.1, -0.05) is 97.1 Å². The summed E-state index contributed by atoms with van der Waals surface area (Å²) < 4.78 is 0. The van der Waals surface area contributed by atoms with E-state index in [1.54, 1.807) is 0 Å². The number of hydrogen-bond donors (Lipinski definition) is 3. The lowest BCUT2D eigenvalue weighted by Crippen LogP contribution is -2.07. The van der Waals surface area contributed by atoms with Gasteiger partial charge in [0.2, 0.25) is 0 Å². The Morgan fingerprint density at radius 2 is 0.500 bits per heavy atom. The molecular formula is C20H19BO3. The second-order valence-corrected chi connectivity index (χ2v) is 5.04. The van der Waals surface area contributed by atoms with Gasteiger partial charge in [0.1, 0.15) is 0 Å². The van der Waals surface area contributed by atoms with Crippen molar-refractivity contribution in [3.8, 4) is 0 Å². The third-order valence-corrected chi connectivity index (χ3v) is 3.32. The van der Waals surface area contributed by atoms with Crippen molar-refractivity contribution in [1.29, 1.82) is 0 Å². The fourth-order valence-electron chi connectivity index (χ4n) is 2.27. The van der Waals surface area contributed by atoms with Gasteiger partial charge in [-0.15, -0.1) is 0 Å². The Balaban J connectivity index is 0.000000143. The van der Waals surface area contributed by atoms with Crippen LogP contribution in [0, 0.1) is 0 Å². The summed E-state index contributed by atoms with van der Waals surface area (Å²) in [6, 6.07) is 33.4. The second kappa shape index (κ2) is 9.48. The van der Waals surface area contributed by atoms with Crippen LogP contribution in [-0.2, 0) is 0 Å². The van der Waals surface area contributed by atoms with Gasteiger partial charge < -0.3 is 15.1 Å². The van der Waals surface area contributed by atoms with Crippen LogP contribution in [0.2, 0.25) is 0 Å². The molecule has 4 heteroatoms. The SMILES string of the molecule is OB(O)O.c1ccc2ccccc2c1.c1ccc2ccccc2c1. The minimum absolute atomic E-state index is 1.31. The maximum Gasteiger partial charge on any atom is 0.631 e. The van der Waals surface area contributed by atoms with E-state index in [0.717, 1.165) is 0 Å². The molecule has 0 amide bonds. The van der Waals surface area contributed by atoms with Crippen molar-refractivity contribution < 1.29 is 15.1 Å². The molecule has 0 heterocycles. The van der Waals surface area contributed by atoms with Crippen LogP contribution in [0.5, 0.6) is 0 Å². The molecule has 0 unspecified atom stereocenters. The standard InChI is InChI=1S/2C10H8.BH3O3/c2*1-2-6-10-8-4-3-7-9(10)5-1;2-1(3)4/h2*1-8H;2-4H. The first-order valence-electron chi connectivity index (χ1n) is 7.58. The van der Waals surface area contributed by atoms with Crippen LogP contribution in [-0.4, -0.2) is 22.4 Å². The van der Waals surface area contributed by atoms with Gasteiger partial charge in [0.25, 0.3) is 0 Å². The van der Waals surface area contributed by atoms with Gasteiger partial charge in [-0.3, -0.25) is 0 Å². The summed E-state index contributed by atoms with van der Waals surface area (Å²) >= 11 is 0. The topological polar surface area (TPSA) is 60.7 Å². The Morgan fingerprint density at radius 1 is 0.375 bits per heavy atom. The van der Waals surface area contributed by atoms with Crippen molar-refractivity contribution in [3.63, 3.8) is 0 Å². The molecule has 0 saturated heterocycles. The minimum atomic E-state index is -2.17. The molecular weight excluding hydrogens is 299 g/mol. The van der Waals surface area contributed by atoms with E-state index in [9.17, 15) is 0 Å². The van der Waals surface area contributed by atoms with Crippen molar-refractivity contribution in [2.75, 3.05) is 0 Å². The highest BCUT2D eigenvalue weighted by Crippen LogP contribution is 2.11. The molecule has 0 bridgehead atoms. The Kier molecular flexibility index (Phi) is 6.99. The maximum absolute atomic E-state index is 7.17. The van der Waals surface area contributed by atoms with Crippen molar-refractivity contribution in [1.82, 2.24) is 0 Å². The Hall–Kier alpha value is -2.66. The van der Waals surface area contributed by atoms with Gasteiger partial charge in [-0.25, -0.2) is 0 Å². The summed E-state index contributed by atoms with van der Waals surface area (Å²) in [5, 5.41) is 26.7. The molecule has 4 aromatic carbocycles. The largest absolute Gasteiger partial charge is 0.631 e. The molecule has 0 radical (unpaired) electrons. The van der Waals surface area contributed by atoms with E-state index in [0.29, 0.717) is 0 Å². The zero-order valence-electron chi connectivity index (χ0n) is 13.2. The smallest absolute Gasteiger partial charge is 0.402 e. The Bertz CT molecular complexity index is 673. The van der Waals surface area contributed by atoms with E-state index in [2.05, 4.69) is 97.1 Å². The van der Waals surface area contributed by atoms with Crippen molar-refractivity contribution in [3.05, 3.63) is 97.1 Å². The molecule has 0 aliphatic rings. The predicted octanol–water partition coefficient (Wildman–Crippen LogP) is 3.63. The maximum atomic E-state index is 7.17. The molecule has 0 aromatic heterocycles. The summed E-state index contributed by atoms with van der Waals surface area (Å²) in [5.74, 6) is 0. The van der Waals surface area contributed by atoms with Crippen LogP contribution >= 0.6 is 0 Å². The first kappa shape index (κ1) is 17.7. The molecule has 0 atom stereocenters. The van der Waals surface area contributed by atoms with Crippen LogP contribution in [0.25, 0.3) is 21.5 Å². The van der Waals surface area contributed by atoms with Crippen LogP contribution in [0.4, 0.5) is 0 Å². The van der Waals surface area contributed by atoms with E-state index >= 15 is 0 Å². The average Bonchev–Trinajstić information content (AvgIpc) is 2.62. The number of fused-ring (bicyclic) bond motifs is 2. The summed E-state index contributed by atoms with van der Waals surface area (Å²) in [7, 11) is -2.17. The Morgan fingerprint density at radius 3 is 0.625 bits per heavy atom. The molecule has 3 N–H and O–H groups in total. The number of benzene rings is 4. The molecule has 3 nitrogen and oxygen atoms in total. The zero-order valence-corrected chi connectivity index (χ0v) is 13.2. The summed E-state index contributed by atoms with van der Waals surface area (Å²) in [4.78, 5) is 0. The lowest BCUT2D eigenvalue weighted by molar-refractivity contribution is 0.278. The highest BCUT2D eigenvalue weighted by Gasteiger charge is 1.92. The van der Waals surface area contributed by atoms with Gasteiger partial charge in [0, 0.05) is 0 Å². The summed E-state index contributed by atoms with van der Waals surface area (Å²) in [6.45, 7) is 0. The van der Waals surface area contributed by atoms with Crippen LogP contribution in [0.3, 0.4) is 0 Å². The zero-order chi connectivity index (χ0) is 17.2. The van der Waals surface area contributed by atoms with E-state index in [1.807, 2.05) is 0 Å². The lowest BCUT2D eigenvalue weighted by atomic mass is 10.1. The van der Waals surface area contributed by atoms with E-state index < -0.39 is 7.32 Å². The molecule has 0 fully saturated rings. The van der Waals surface area contributed by atoms with Crippen LogP contribution in [0.1, 0.15) is 0 Å². The molecule has 0 aliphatic heterocycles. The van der Waals surface area contributed by atoms with E-state index in [4.69, 9.17) is 15.1 Å². The van der Waals surface area contributed by atoms with Crippen molar-refractivity contribution in [2.24, 2.45) is 0 Å². The quantitative estimate of drug-likeness (QED) is 0.434. The molecule has 120 valence electrons. The van der Waals surface area contributed by atoms with Crippen molar-refractivity contribution in [2.45, 2.75) is 0 Å². The Labute approximate surface area is 141 Å². The van der Waals surface area contributed by atoms with Gasteiger partial charge >= 0.3 is 7.32 Å². The highest BCUT2D eigenvalue weighted by molar-refractivity contribution is 6.30. The fraction of sp³-hybridized carbons (Fsp3) is 0. The summed E-state index contributed by atoms with van der Waals surface area (Å²) in [5.41, 5.74) is 0. The molecule has 0 spiro atoms. The van der Waals surface area contributed by atoms with Crippen molar-refractivity contribution >= 4 is 28.9 Å². The van der Waals surface area contributed by atoms with Gasteiger partial charge in [-0.05, 0) is 21.5 Å². The number of rotatable bonds is 0.